The summed E-state index contributed by atoms with van der Waals surface area (Å²) in [4.78, 5) is 38.7. The van der Waals surface area contributed by atoms with E-state index in [0.717, 1.165) is 0 Å². The number of nitrogens with zero attached hydrogens (tertiary/aromatic N) is 1. The second-order valence-electron chi connectivity index (χ2n) is 6.97. The molecule has 0 aromatic heterocycles. The van der Waals surface area contributed by atoms with Crippen molar-refractivity contribution in [2.45, 2.75) is 13.3 Å². The number of carbonyl (C=O) groups is 3. The summed E-state index contributed by atoms with van der Waals surface area (Å²) in [6, 6.07) is 13.9. The van der Waals surface area contributed by atoms with Gasteiger partial charge in [0.25, 0.3) is 11.8 Å². The number of ether oxygens (including phenoxy) is 2. The molecule has 1 heterocycles. The van der Waals surface area contributed by atoms with Crippen molar-refractivity contribution in [2.24, 2.45) is 0 Å². The molecule has 3 rings (SSSR count). The number of benzene rings is 2. The van der Waals surface area contributed by atoms with Crippen molar-refractivity contribution in [1.29, 1.82) is 0 Å². The van der Waals surface area contributed by atoms with E-state index in [4.69, 9.17) is 9.47 Å². The highest BCUT2D eigenvalue weighted by Gasteiger charge is 2.38. The first-order chi connectivity index (χ1) is 14.9. The van der Waals surface area contributed by atoms with Crippen LogP contribution in [-0.4, -0.2) is 50.0 Å². The van der Waals surface area contributed by atoms with Crippen LogP contribution in [0.5, 0.6) is 5.75 Å². The molecule has 0 fully saturated rings. The second kappa shape index (κ2) is 9.90. The Kier molecular flexibility index (Phi) is 7.04. The lowest BCUT2D eigenvalue weighted by Crippen LogP contribution is -2.33. The Hall–Kier alpha value is -3.65. The number of carbonyl (C=O) groups excluding carboxylic acids is 3. The molecule has 0 bridgehead atoms. The Labute approximate surface area is 180 Å². The van der Waals surface area contributed by atoms with Gasteiger partial charge in [-0.15, -0.1) is 0 Å². The first kappa shape index (κ1) is 22.0. The molecule has 31 heavy (non-hydrogen) atoms. The van der Waals surface area contributed by atoms with Crippen LogP contribution in [0, 0.1) is 0 Å². The SMILES string of the molecule is COCCCN1C(=O)C(Nc2ccc(NC(C)=O)cc2)=C(c2ccc(OC)cc2)C1=O. The average molecular weight is 423 g/mol. The number of nitrogens with one attached hydrogen (secondary N) is 2. The van der Waals surface area contributed by atoms with Gasteiger partial charge in [0.2, 0.25) is 5.91 Å². The molecule has 0 atom stereocenters. The van der Waals surface area contributed by atoms with E-state index in [1.807, 2.05) is 0 Å². The van der Waals surface area contributed by atoms with Crippen LogP contribution in [0.3, 0.4) is 0 Å². The maximum atomic E-state index is 13.1. The number of anilines is 2. The molecule has 1 aliphatic heterocycles. The molecular weight excluding hydrogens is 398 g/mol. The first-order valence-electron chi connectivity index (χ1n) is 9.83. The van der Waals surface area contributed by atoms with Gasteiger partial charge in [-0.25, -0.2) is 0 Å². The van der Waals surface area contributed by atoms with Gasteiger partial charge >= 0.3 is 0 Å². The summed E-state index contributed by atoms with van der Waals surface area (Å²) in [7, 11) is 3.14. The van der Waals surface area contributed by atoms with Crippen molar-refractivity contribution < 1.29 is 23.9 Å². The predicted molar refractivity (Wildman–Crippen MR) is 117 cm³/mol. The summed E-state index contributed by atoms with van der Waals surface area (Å²) in [5.74, 6) is -0.267. The minimum Gasteiger partial charge on any atom is -0.497 e. The third kappa shape index (κ3) is 5.10. The van der Waals surface area contributed by atoms with Crippen LogP contribution in [0.1, 0.15) is 18.9 Å². The average Bonchev–Trinajstić information content (AvgIpc) is 2.99. The van der Waals surface area contributed by atoms with Crippen LogP contribution < -0.4 is 15.4 Å². The zero-order chi connectivity index (χ0) is 22.4. The third-order valence-corrected chi connectivity index (χ3v) is 4.75. The highest BCUT2D eigenvalue weighted by atomic mass is 16.5. The van der Waals surface area contributed by atoms with Crippen molar-refractivity contribution in [3.05, 3.63) is 59.8 Å². The van der Waals surface area contributed by atoms with Crippen molar-refractivity contribution in [1.82, 2.24) is 4.90 Å². The number of hydrogen-bond donors (Lipinski definition) is 2. The molecule has 0 unspecified atom stereocenters. The number of methoxy groups -OCH3 is 2. The molecule has 2 N–H and O–H groups in total. The van der Waals surface area contributed by atoms with Crippen molar-refractivity contribution in [3.8, 4) is 5.75 Å². The minimum atomic E-state index is -0.391. The quantitative estimate of drug-likeness (QED) is 0.476. The van der Waals surface area contributed by atoms with Gasteiger partial charge < -0.3 is 20.1 Å². The monoisotopic (exact) mass is 423 g/mol. The number of amides is 3. The smallest absolute Gasteiger partial charge is 0.278 e. The molecule has 0 radical (unpaired) electrons. The van der Waals surface area contributed by atoms with Gasteiger partial charge in [0.1, 0.15) is 11.4 Å². The maximum Gasteiger partial charge on any atom is 0.278 e. The number of hydrogen-bond acceptors (Lipinski definition) is 6. The Balaban J connectivity index is 1.93. The summed E-state index contributed by atoms with van der Waals surface area (Å²) in [5, 5.41) is 5.78. The maximum absolute atomic E-state index is 13.1. The number of imide groups is 1. The lowest BCUT2D eigenvalue weighted by molar-refractivity contribution is -0.137. The van der Waals surface area contributed by atoms with Crippen molar-refractivity contribution in [2.75, 3.05) is 38.0 Å². The van der Waals surface area contributed by atoms with Crippen LogP contribution in [0.4, 0.5) is 11.4 Å². The Morgan fingerprint density at radius 1 is 0.935 bits per heavy atom. The van der Waals surface area contributed by atoms with E-state index in [0.29, 0.717) is 41.3 Å². The molecule has 2 aromatic carbocycles. The molecule has 162 valence electrons. The normalized spacial score (nSPS) is 13.6. The lowest BCUT2D eigenvalue weighted by Gasteiger charge is -2.15. The van der Waals surface area contributed by atoms with E-state index in [-0.39, 0.29) is 24.1 Å². The Morgan fingerprint density at radius 3 is 2.16 bits per heavy atom. The summed E-state index contributed by atoms with van der Waals surface area (Å²) >= 11 is 0. The molecule has 3 amide bonds. The van der Waals surface area contributed by atoms with Crippen LogP contribution in [0.15, 0.2) is 54.2 Å². The summed E-state index contributed by atoms with van der Waals surface area (Å²) in [6.45, 7) is 2.14. The lowest BCUT2D eigenvalue weighted by atomic mass is 10.0. The second-order valence-corrected chi connectivity index (χ2v) is 6.97. The van der Waals surface area contributed by atoms with Gasteiger partial charge in [0, 0.05) is 38.6 Å². The zero-order valence-electron chi connectivity index (χ0n) is 17.7. The topological polar surface area (TPSA) is 97.0 Å². The molecular formula is C23H25N3O5. The molecule has 8 heteroatoms. The zero-order valence-corrected chi connectivity index (χ0v) is 17.7. The van der Waals surface area contributed by atoms with Crippen LogP contribution in [0.25, 0.3) is 5.57 Å². The molecule has 1 aliphatic rings. The highest BCUT2D eigenvalue weighted by Crippen LogP contribution is 2.31. The first-order valence-corrected chi connectivity index (χ1v) is 9.83. The van der Waals surface area contributed by atoms with Crippen LogP contribution >= 0.6 is 0 Å². The fraction of sp³-hybridized carbons (Fsp3) is 0.261. The third-order valence-electron chi connectivity index (χ3n) is 4.75. The largest absolute Gasteiger partial charge is 0.497 e. The van der Waals surface area contributed by atoms with E-state index in [9.17, 15) is 14.4 Å². The molecule has 0 aliphatic carbocycles. The fourth-order valence-electron chi connectivity index (χ4n) is 3.27. The van der Waals surface area contributed by atoms with Crippen LogP contribution in [-0.2, 0) is 19.1 Å². The highest BCUT2D eigenvalue weighted by molar-refractivity contribution is 6.36. The van der Waals surface area contributed by atoms with E-state index in [1.165, 1.54) is 11.8 Å². The van der Waals surface area contributed by atoms with E-state index in [2.05, 4.69) is 10.6 Å². The molecule has 2 aromatic rings. The van der Waals surface area contributed by atoms with E-state index in [1.54, 1.807) is 62.8 Å². The van der Waals surface area contributed by atoms with Gasteiger partial charge in [-0.05, 0) is 48.4 Å². The van der Waals surface area contributed by atoms with Crippen LogP contribution in [0.2, 0.25) is 0 Å². The van der Waals surface area contributed by atoms with E-state index >= 15 is 0 Å². The van der Waals surface area contributed by atoms with Crippen molar-refractivity contribution in [3.63, 3.8) is 0 Å². The summed E-state index contributed by atoms with van der Waals surface area (Å²) in [5.41, 5.74) is 2.38. The molecule has 0 saturated heterocycles. The summed E-state index contributed by atoms with van der Waals surface area (Å²) in [6.07, 6.45) is 0.544. The minimum absolute atomic E-state index is 0.173. The van der Waals surface area contributed by atoms with Gasteiger partial charge in [-0.2, -0.15) is 0 Å². The summed E-state index contributed by atoms with van der Waals surface area (Å²) < 4.78 is 10.2. The van der Waals surface area contributed by atoms with E-state index < -0.39 is 5.91 Å². The predicted octanol–water partition coefficient (Wildman–Crippen LogP) is 2.88. The van der Waals surface area contributed by atoms with Gasteiger partial charge in [-0.1, -0.05) is 12.1 Å². The Bertz CT molecular complexity index is 997. The van der Waals surface area contributed by atoms with Gasteiger partial charge in [-0.3, -0.25) is 19.3 Å². The van der Waals surface area contributed by atoms with Crippen molar-refractivity contribution >= 4 is 34.7 Å². The van der Waals surface area contributed by atoms with Gasteiger partial charge in [0.15, 0.2) is 0 Å². The Morgan fingerprint density at radius 2 is 1.58 bits per heavy atom. The molecule has 0 spiro atoms. The standard InChI is InChI=1S/C23H25N3O5/c1-15(27)24-17-7-9-18(10-8-17)25-21-20(16-5-11-19(31-3)12-6-16)22(28)26(23(21)29)13-4-14-30-2/h5-12,25H,4,13-14H2,1-3H3,(H,24,27). The molecule has 0 saturated carbocycles. The number of rotatable bonds is 9. The molecule has 8 nitrogen and oxygen atoms in total. The van der Waals surface area contributed by atoms with Gasteiger partial charge in [0.05, 0.1) is 12.7 Å². The fourth-order valence-corrected chi connectivity index (χ4v) is 3.27.